The third kappa shape index (κ3) is 5.75. The highest BCUT2D eigenvalue weighted by molar-refractivity contribution is 6.28. The lowest BCUT2D eigenvalue weighted by Gasteiger charge is -2.21. The maximum Gasteiger partial charge on any atom is 0.508 e. The zero-order chi connectivity index (χ0) is 27.4. The number of ether oxygens (including phenoxy) is 4. The first kappa shape index (κ1) is 26.3. The predicted molar refractivity (Wildman–Crippen MR) is 146 cm³/mol. The molecule has 5 rings (SSSR count). The normalized spacial score (nSPS) is 16.4. The van der Waals surface area contributed by atoms with Crippen molar-refractivity contribution in [1.29, 1.82) is 0 Å². The van der Waals surface area contributed by atoms with Crippen LogP contribution in [0, 0.1) is 0 Å². The number of halogens is 1. The lowest BCUT2D eigenvalue weighted by Crippen LogP contribution is -2.17. The van der Waals surface area contributed by atoms with E-state index in [4.69, 9.17) is 30.5 Å². The van der Waals surface area contributed by atoms with Crippen molar-refractivity contribution in [3.8, 4) is 11.5 Å². The number of benzene rings is 2. The van der Waals surface area contributed by atoms with Crippen molar-refractivity contribution < 1.29 is 23.7 Å². The topological polar surface area (TPSA) is 110 Å². The summed E-state index contributed by atoms with van der Waals surface area (Å²) in [6.45, 7) is 1.99. The van der Waals surface area contributed by atoms with Crippen LogP contribution < -0.4 is 14.8 Å². The van der Waals surface area contributed by atoms with Gasteiger partial charge in [0.05, 0.1) is 39.2 Å². The third-order valence-corrected chi connectivity index (χ3v) is 6.63. The highest BCUT2D eigenvalue weighted by atomic mass is 35.5. The van der Waals surface area contributed by atoms with Crippen LogP contribution in [0.5, 0.6) is 11.5 Å². The van der Waals surface area contributed by atoms with E-state index in [2.05, 4.69) is 20.3 Å². The molecule has 39 heavy (non-hydrogen) atoms. The van der Waals surface area contributed by atoms with E-state index in [1.807, 2.05) is 65.3 Å². The van der Waals surface area contributed by atoms with Gasteiger partial charge in [0.15, 0.2) is 17.0 Å². The second-order valence-electron chi connectivity index (χ2n) is 8.82. The number of aromatic nitrogens is 4. The second kappa shape index (κ2) is 11.6. The molecule has 202 valence electrons. The maximum absolute atomic E-state index is 11.7. The van der Waals surface area contributed by atoms with Crippen molar-refractivity contribution in [1.82, 2.24) is 19.5 Å². The minimum atomic E-state index is -0.691. The summed E-state index contributed by atoms with van der Waals surface area (Å²) >= 11 is 6.41. The fraction of sp³-hybridized carbons (Fsp3) is 0.286. The highest BCUT2D eigenvalue weighted by Crippen LogP contribution is 2.34. The van der Waals surface area contributed by atoms with E-state index in [9.17, 15) is 4.79 Å². The zero-order valence-electron chi connectivity index (χ0n) is 21.7. The van der Waals surface area contributed by atoms with Gasteiger partial charge in [-0.05, 0) is 60.0 Å². The lowest BCUT2D eigenvalue weighted by atomic mass is 9.98. The summed E-state index contributed by atoms with van der Waals surface area (Å²) in [4.78, 5) is 25.3. The number of fused-ring (bicyclic) bond motifs is 1. The van der Waals surface area contributed by atoms with Crippen molar-refractivity contribution in [2.24, 2.45) is 0 Å². The first-order chi connectivity index (χ1) is 19.0. The Morgan fingerprint density at radius 2 is 1.67 bits per heavy atom. The Morgan fingerprint density at radius 3 is 2.26 bits per heavy atom. The van der Waals surface area contributed by atoms with E-state index < -0.39 is 12.3 Å². The van der Waals surface area contributed by atoms with Gasteiger partial charge in [-0.15, -0.1) is 0 Å². The van der Waals surface area contributed by atoms with Gasteiger partial charge in [-0.1, -0.05) is 30.3 Å². The number of nitrogens with zero attached hydrogens (tertiary/aromatic N) is 4. The first-order valence-electron chi connectivity index (χ1n) is 12.4. The molecule has 1 unspecified atom stereocenters. The van der Waals surface area contributed by atoms with Gasteiger partial charge in [0.25, 0.3) is 0 Å². The van der Waals surface area contributed by atoms with Crippen LogP contribution in [0.2, 0.25) is 5.28 Å². The van der Waals surface area contributed by atoms with E-state index in [0.717, 1.165) is 22.6 Å². The number of allylic oxidation sites excluding steroid dienone is 1. The number of carbonyl (C=O) groups excluding carboxylic acids is 1. The Kier molecular flexibility index (Phi) is 7.83. The highest BCUT2D eigenvalue weighted by Gasteiger charge is 2.27. The quantitative estimate of drug-likeness (QED) is 0.159. The van der Waals surface area contributed by atoms with Gasteiger partial charge >= 0.3 is 6.16 Å². The maximum atomic E-state index is 11.7. The van der Waals surface area contributed by atoms with Crippen molar-refractivity contribution >= 4 is 34.7 Å². The summed E-state index contributed by atoms with van der Waals surface area (Å²) in [5, 5.41) is 3.61. The van der Waals surface area contributed by atoms with Crippen LogP contribution in [-0.4, -0.2) is 52.6 Å². The fourth-order valence-corrected chi connectivity index (χ4v) is 4.70. The molecule has 0 aliphatic heterocycles. The van der Waals surface area contributed by atoms with Crippen molar-refractivity contribution in [2.75, 3.05) is 26.1 Å². The smallest absolute Gasteiger partial charge is 0.497 e. The van der Waals surface area contributed by atoms with Crippen molar-refractivity contribution in [2.45, 2.75) is 31.5 Å². The van der Waals surface area contributed by atoms with E-state index in [1.54, 1.807) is 27.5 Å². The number of carbonyl (C=O) groups is 1. The van der Waals surface area contributed by atoms with Crippen LogP contribution in [-0.2, 0) is 9.47 Å². The summed E-state index contributed by atoms with van der Waals surface area (Å²) < 4.78 is 22.8. The SMILES string of the molecule is CCOC(=O)O[C@H]1C=CC(n2cnc3c(NC(c4ccc(OC)cc4)c4ccc(OC)cc4)nc(Cl)nc32)C1. The molecule has 1 N–H and O–H groups in total. The molecule has 2 heterocycles. The molecule has 0 radical (unpaired) electrons. The molecule has 11 heteroatoms. The molecule has 10 nitrogen and oxygen atoms in total. The molecule has 1 aliphatic rings. The van der Waals surface area contributed by atoms with Gasteiger partial charge in [-0.2, -0.15) is 9.97 Å². The minimum Gasteiger partial charge on any atom is -0.497 e. The molecular weight excluding hydrogens is 522 g/mol. The average molecular weight is 550 g/mol. The van der Waals surface area contributed by atoms with Crippen LogP contribution in [0.3, 0.4) is 0 Å². The van der Waals surface area contributed by atoms with Gasteiger partial charge in [0.1, 0.15) is 17.6 Å². The molecule has 2 atom stereocenters. The Bertz CT molecular complexity index is 1420. The Morgan fingerprint density at radius 1 is 1.03 bits per heavy atom. The molecule has 0 saturated heterocycles. The molecule has 1 aliphatic carbocycles. The monoisotopic (exact) mass is 549 g/mol. The molecule has 0 amide bonds. The summed E-state index contributed by atoms with van der Waals surface area (Å²) in [5.74, 6) is 2.00. The molecule has 0 saturated carbocycles. The summed E-state index contributed by atoms with van der Waals surface area (Å²) in [7, 11) is 3.27. The zero-order valence-corrected chi connectivity index (χ0v) is 22.5. The van der Waals surface area contributed by atoms with Gasteiger partial charge < -0.3 is 28.8 Å². The largest absolute Gasteiger partial charge is 0.508 e. The van der Waals surface area contributed by atoms with Crippen molar-refractivity contribution in [3.05, 3.63) is 83.4 Å². The number of imidazole rings is 1. The summed E-state index contributed by atoms with van der Waals surface area (Å²) in [6, 6.07) is 15.2. The summed E-state index contributed by atoms with van der Waals surface area (Å²) in [5.41, 5.74) is 3.10. The average Bonchev–Trinajstić information content (AvgIpc) is 3.59. The van der Waals surface area contributed by atoms with Crippen LogP contribution >= 0.6 is 11.6 Å². The summed E-state index contributed by atoms with van der Waals surface area (Å²) in [6.07, 6.45) is 4.90. The molecule has 0 fully saturated rings. The number of anilines is 1. The van der Waals surface area contributed by atoms with E-state index in [-0.39, 0.29) is 24.0 Å². The number of rotatable bonds is 9. The molecule has 2 aromatic carbocycles. The van der Waals surface area contributed by atoms with Gasteiger partial charge in [-0.3, -0.25) is 0 Å². The van der Waals surface area contributed by atoms with E-state index >= 15 is 0 Å². The van der Waals surface area contributed by atoms with Crippen LogP contribution in [0.1, 0.15) is 36.6 Å². The molecule has 0 bridgehead atoms. The first-order valence-corrected chi connectivity index (χ1v) is 12.8. The number of methoxy groups -OCH3 is 2. The third-order valence-electron chi connectivity index (χ3n) is 6.46. The van der Waals surface area contributed by atoms with Crippen LogP contribution in [0.15, 0.2) is 67.0 Å². The number of nitrogens with one attached hydrogen (secondary N) is 1. The second-order valence-corrected chi connectivity index (χ2v) is 9.15. The van der Waals surface area contributed by atoms with E-state index in [1.165, 1.54) is 0 Å². The van der Waals surface area contributed by atoms with Gasteiger partial charge in [0.2, 0.25) is 5.28 Å². The Balaban J connectivity index is 1.46. The van der Waals surface area contributed by atoms with Crippen molar-refractivity contribution in [3.63, 3.8) is 0 Å². The Labute approximate surface area is 230 Å². The fourth-order valence-electron chi connectivity index (χ4n) is 4.54. The van der Waals surface area contributed by atoms with Crippen LogP contribution in [0.4, 0.5) is 10.6 Å². The minimum absolute atomic E-state index is 0.0799. The predicted octanol–water partition coefficient (Wildman–Crippen LogP) is 5.74. The van der Waals surface area contributed by atoms with Gasteiger partial charge in [-0.25, -0.2) is 9.78 Å². The van der Waals surface area contributed by atoms with Crippen LogP contribution in [0.25, 0.3) is 11.2 Å². The molecule has 4 aromatic rings. The number of hydrogen-bond donors (Lipinski definition) is 1. The molecular formula is C28H28ClN5O5. The standard InChI is InChI=1S/C28H28ClN5O5/c1-4-38-28(35)39-22-14-9-19(15-22)34-16-30-24-25(32-27(29)33-26(24)34)31-23(17-5-10-20(36-2)11-6-17)18-7-12-21(37-3)13-8-18/h5-14,16,19,22-23H,4,15H2,1-3H3,(H,31,32,33)/t19?,22-/m0/s1. The number of hydrogen-bond acceptors (Lipinski definition) is 9. The van der Waals surface area contributed by atoms with E-state index in [0.29, 0.717) is 23.4 Å². The molecule has 0 spiro atoms. The lowest BCUT2D eigenvalue weighted by molar-refractivity contribution is 0.0387. The molecule has 2 aromatic heterocycles. The van der Waals surface area contributed by atoms with Gasteiger partial charge in [0, 0.05) is 6.42 Å². The Hall–Kier alpha value is -4.31.